The van der Waals surface area contributed by atoms with Crippen LogP contribution in [-0.4, -0.2) is 43.0 Å². The topological polar surface area (TPSA) is 114 Å². The third-order valence-electron chi connectivity index (χ3n) is 7.21. The molecule has 37 heavy (non-hydrogen) atoms. The third kappa shape index (κ3) is 5.79. The molecule has 0 aliphatic heterocycles. The van der Waals surface area contributed by atoms with Crippen molar-refractivity contribution in [2.45, 2.75) is 58.3 Å². The number of aromatic nitrogens is 4. The fraction of sp³-hybridized carbons (Fsp3) is 0.520. The second-order valence-electron chi connectivity index (χ2n) is 10.3. The molecule has 200 valence electrons. The van der Waals surface area contributed by atoms with Crippen molar-refractivity contribution < 1.29 is 23.1 Å². The number of fused-ring (bicyclic) bond motifs is 1. The predicted octanol–water partition coefficient (Wildman–Crippen LogP) is 3.59. The largest absolute Gasteiger partial charge is 0.416 e. The smallest absolute Gasteiger partial charge is 0.396 e. The lowest BCUT2D eigenvalue weighted by molar-refractivity contribution is -0.137. The van der Waals surface area contributed by atoms with E-state index in [2.05, 4.69) is 34.6 Å². The van der Waals surface area contributed by atoms with Crippen LogP contribution < -0.4 is 16.2 Å². The van der Waals surface area contributed by atoms with Gasteiger partial charge in [0.25, 0.3) is 5.56 Å². The monoisotopic (exact) mass is 520 g/mol. The fourth-order valence-corrected chi connectivity index (χ4v) is 4.84. The first kappa shape index (κ1) is 26.6. The summed E-state index contributed by atoms with van der Waals surface area (Å²) in [7, 11) is 1.56. The van der Waals surface area contributed by atoms with Crippen LogP contribution in [0.3, 0.4) is 0 Å². The molecule has 0 unspecified atom stereocenters. The Morgan fingerprint density at radius 1 is 1.14 bits per heavy atom. The van der Waals surface area contributed by atoms with Crippen LogP contribution in [0.4, 0.5) is 24.7 Å². The van der Waals surface area contributed by atoms with E-state index in [9.17, 15) is 27.9 Å². The molecule has 0 spiro atoms. The number of aliphatic hydroxyl groups is 1. The number of carbonyl (C=O) groups excluding carboxylic acids is 1. The molecule has 1 aliphatic carbocycles. The molecule has 1 aromatic carbocycles. The lowest BCUT2D eigenvalue weighted by Gasteiger charge is -2.38. The number of halogens is 3. The molecular weight excluding hydrogens is 489 g/mol. The lowest BCUT2D eigenvalue weighted by atomic mass is 9.70. The van der Waals surface area contributed by atoms with Crippen LogP contribution in [0.5, 0.6) is 0 Å². The van der Waals surface area contributed by atoms with E-state index >= 15 is 0 Å². The summed E-state index contributed by atoms with van der Waals surface area (Å²) in [6.07, 6.45) is 0.279. The molecule has 12 heteroatoms. The highest BCUT2D eigenvalue weighted by Gasteiger charge is 2.33. The van der Waals surface area contributed by atoms with E-state index < -0.39 is 17.3 Å². The maximum Gasteiger partial charge on any atom is 0.416 e. The molecule has 0 saturated heterocycles. The van der Waals surface area contributed by atoms with Crippen molar-refractivity contribution in [3.63, 3.8) is 0 Å². The van der Waals surface area contributed by atoms with Gasteiger partial charge in [0.15, 0.2) is 11.3 Å². The first-order chi connectivity index (χ1) is 17.4. The quantitative estimate of drug-likeness (QED) is 0.439. The summed E-state index contributed by atoms with van der Waals surface area (Å²) in [4.78, 5) is 30.1. The summed E-state index contributed by atoms with van der Waals surface area (Å²) in [5, 5.41) is 19.8. The molecule has 0 radical (unpaired) electrons. The van der Waals surface area contributed by atoms with Crippen LogP contribution in [0.15, 0.2) is 35.4 Å². The highest BCUT2D eigenvalue weighted by atomic mass is 19.4. The fourth-order valence-electron chi connectivity index (χ4n) is 4.84. The summed E-state index contributed by atoms with van der Waals surface area (Å²) in [6.45, 7) is 4.03. The number of rotatable bonds is 7. The Morgan fingerprint density at radius 3 is 2.38 bits per heavy atom. The molecular formula is C25H31F3N6O3. The predicted molar refractivity (Wildman–Crippen MR) is 132 cm³/mol. The Balaban J connectivity index is 1.43. The van der Waals surface area contributed by atoms with Crippen molar-refractivity contribution in [2.24, 2.45) is 18.4 Å². The maximum atomic E-state index is 13.1. The first-order valence-electron chi connectivity index (χ1n) is 12.2. The van der Waals surface area contributed by atoms with Gasteiger partial charge >= 0.3 is 6.18 Å². The van der Waals surface area contributed by atoms with Gasteiger partial charge in [-0.1, -0.05) is 13.8 Å². The molecule has 1 saturated carbocycles. The van der Waals surface area contributed by atoms with Gasteiger partial charge in [-0.2, -0.15) is 18.3 Å². The first-order valence-corrected chi connectivity index (χ1v) is 12.2. The molecule has 0 bridgehead atoms. The van der Waals surface area contributed by atoms with Crippen LogP contribution in [0.25, 0.3) is 11.0 Å². The molecule has 1 amide bonds. The molecule has 2 aromatic heterocycles. The molecule has 0 atom stereocenters. The van der Waals surface area contributed by atoms with Crippen LogP contribution in [0, 0.1) is 11.3 Å². The molecule has 1 aliphatic rings. The van der Waals surface area contributed by atoms with Crippen molar-refractivity contribution in [2.75, 3.05) is 11.9 Å². The van der Waals surface area contributed by atoms with Gasteiger partial charge in [-0.25, -0.2) is 4.98 Å². The number of anilines is 2. The maximum absolute atomic E-state index is 13.1. The van der Waals surface area contributed by atoms with E-state index in [0.717, 1.165) is 37.8 Å². The van der Waals surface area contributed by atoms with E-state index in [1.807, 2.05) is 0 Å². The number of aryl methyl sites for hydroxylation is 1. The number of alkyl halides is 3. The zero-order chi connectivity index (χ0) is 27.0. The van der Waals surface area contributed by atoms with Crippen molar-refractivity contribution in [3.05, 3.63) is 46.5 Å². The van der Waals surface area contributed by atoms with Gasteiger partial charge in [0.2, 0.25) is 5.91 Å². The Labute approximate surface area is 211 Å². The summed E-state index contributed by atoms with van der Waals surface area (Å²) in [6, 6.07) is 4.46. The molecule has 9 nitrogen and oxygen atoms in total. The van der Waals surface area contributed by atoms with Gasteiger partial charge < -0.3 is 15.7 Å². The number of nitrogens with one attached hydrogen (secondary N) is 2. The summed E-state index contributed by atoms with van der Waals surface area (Å²) in [5.74, 6) is 0.321. The van der Waals surface area contributed by atoms with Gasteiger partial charge in [0, 0.05) is 25.4 Å². The number of benzene rings is 1. The Bertz CT molecular complexity index is 1320. The zero-order valence-corrected chi connectivity index (χ0v) is 21.0. The summed E-state index contributed by atoms with van der Waals surface area (Å²) in [5.41, 5.74) is -0.609. The second-order valence-corrected chi connectivity index (χ2v) is 10.3. The SMILES string of the molecule is Cn1nc(Nc2ccc(C(F)(F)F)cc2)c2ncn(CC(=O)NC3CCC(C(C)(C)CO)CC3)c(=O)c21. The van der Waals surface area contributed by atoms with Crippen molar-refractivity contribution in [3.8, 4) is 0 Å². The van der Waals surface area contributed by atoms with Crippen LogP contribution in [0.1, 0.15) is 45.1 Å². The number of nitrogens with zero attached hydrogens (tertiary/aromatic N) is 4. The summed E-state index contributed by atoms with van der Waals surface area (Å²) >= 11 is 0. The van der Waals surface area contributed by atoms with E-state index in [1.165, 1.54) is 27.7 Å². The molecule has 3 N–H and O–H groups in total. The van der Waals surface area contributed by atoms with E-state index in [-0.39, 0.29) is 47.4 Å². The van der Waals surface area contributed by atoms with Crippen molar-refractivity contribution in [1.29, 1.82) is 0 Å². The minimum Gasteiger partial charge on any atom is -0.396 e. The Hall–Kier alpha value is -3.41. The second kappa shape index (κ2) is 10.2. The van der Waals surface area contributed by atoms with E-state index in [1.54, 1.807) is 7.05 Å². The van der Waals surface area contributed by atoms with Crippen molar-refractivity contribution >= 4 is 28.4 Å². The number of amides is 1. The van der Waals surface area contributed by atoms with Gasteiger partial charge in [-0.3, -0.25) is 18.8 Å². The highest BCUT2D eigenvalue weighted by Crippen LogP contribution is 2.38. The van der Waals surface area contributed by atoms with Crippen LogP contribution in [0.2, 0.25) is 0 Å². The number of carbonyl (C=O) groups is 1. The molecule has 1 fully saturated rings. The van der Waals surface area contributed by atoms with Gasteiger partial charge in [0.1, 0.15) is 12.1 Å². The lowest BCUT2D eigenvalue weighted by Crippen LogP contribution is -2.42. The molecule has 3 aromatic rings. The highest BCUT2D eigenvalue weighted by molar-refractivity contribution is 5.87. The summed E-state index contributed by atoms with van der Waals surface area (Å²) < 4.78 is 41.0. The minimum atomic E-state index is -4.44. The van der Waals surface area contributed by atoms with Gasteiger partial charge in [-0.05, 0) is 61.3 Å². The number of aliphatic hydroxyl groups excluding tert-OH is 1. The molecule has 2 heterocycles. The van der Waals surface area contributed by atoms with E-state index in [0.29, 0.717) is 11.6 Å². The molecule has 4 rings (SSSR count). The van der Waals surface area contributed by atoms with Crippen LogP contribution in [-0.2, 0) is 24.6 Å². The Morgan fingerprint density at radius 2 is 1.78 bits per heavy atom. The Kier molecular flexibility index (Phi) is 7.31. The van der Waals surface area contributed by atoms with Gasteiger partial charge in [0.05, 0.1) is 11.9 Å². The van der Waals surface area contributed by atoms with E-state index in [4.69, 9.17) is 0 Å². The normalized spacial score (nSPS) is 18.7. The zero-order valence-electron chi connectivity index (χ0n) is 21.0. The average Bonchev–Trinajstić information content (AvgIpc) is 3.16. The van der Waals surface area contributed by atoms with Crippen molar-refractivity contribution in [1.82, 2.24) is 24.6 Å². The van der Waals surface area contributed by atoms with Crippen LogP contribution >= 0.6 is 0 Å². The third-order valence-corrected chi connectivity index (χ3v) is 7.21. The number of hydrogen-bond donors (Lipinski definition) is 3. The minimum absolute atomic E-state index is 0.0156. The number of hydrogen-bond acceptors (Lipinski definition) is 6. The standard InChI is InChI=1S/C25H31F3N6O3/c1-24(2,13-35)15-4-8-17(9-5-15)30-19(36)12-34-14-29-20-21(23(34)37)33(3)32-22(20)31-18-10-6-16(7-11-18)25(26,27)28/h6-7,10-11,14-15,17,35H,4-5,8-9,12-13H2,1-3H3,(H,30,36)(H,31,32). The average molecular weight is 521 g/mol. The van der Waals surface area contributed by atoms with Gasteiger partial charge in [-0.15, -0.1) is 0 Å².